The molecule has 4 rings (SSSR count). The number of nitrogens with zero attached hydrogens (tertiary/aromatic N) is 4. The molecule has 0 unspecified atom stereocenters. The lowest BCUT2D eigenvalue weighted by atomic mass is 10.0. The van der Waals surface area contributed by atoms with E-state index in [0.29, 0.717) is 22.8 Å². The van der Waals surface area contributed by atoms with Crippen LogP contribution in [0.5, 0.6) is 0 Å². The summed E-state index contributed by atoms with van der Waals surface area (Å²) in [5.74, 6) is 0.332. The van der Waals surface area contributed by atoms with Crippen LogP contribution in [0.4, 0.5) is 24.5 Å². The minimum atomic E-state index is -4.38. The van der Waals surface area contributed by atoms with Gasteiger partial charge in [-0.25, -0.2) is 0 Å². The van der Waals surface area contributed by atoms with Crippen LogP contribution in [0.15, 0.2) is 48.5 Å². The maximum Gasteiger partial charge on any atom is 0.416 e. The summed E-state index contributed by atoms with van der Waals surface area (Å²) in [5.41, 5.74) is 0.0382. The third-order valence-corrected chi connectivity index (χ3v) is 4.29. The van der Waals surface area contributed by atoms with E-state index in [1.807, 2.05) is 0 Å². The lowest BCUT2D eigenvalue weighted by molar-refractivity contribution is -0.187. The van der Waals surface area contributed by atoms with Crippen molar-refractivity contribution in [1.82, 2.24) is 20.2 Å². The Kier molecular flexibility index (Phi) is 4.52. The van der Waals surface area contributed by atoms with Crippen molar-refractivity contribution >= 4 is 11.4 Å². The fourth-order valence-corrected chi connectivity index (χ4v) is 2.80. The highest BCUT2D eigenvalue weighted by atomic mass is 19.4. The van der Waals surface area contributed by atoms with Crippen molar-refractivity contribution in [3.05, 3.63) is 54.1 Å². The van der Waals surface area contributed by atoms with Crippen molar-refractivity contribution in [2.24, 2.45) is 0 Å². The average Bonchev–Trinajstić information content (AvgIpc) is 3.09. The summed E-state index contributed by atoms with van der Waals surface area (Å²) >= 11 is 0. The van der Waals surface area contributed by atoms with Gasteiger partial charge in [0.15, 0.2) is 0 Å². The Morgan fingerprint density at radius 2 is 1.82 bits per heavy atom. The highest BCUT2D eigenvalue weighted by Gasteiger charge is 2.37. The van der Waals surface area contributed by atoms with Gasteiger partial charge in [-0.1, -0.05) is 12.1 Å². The topological polar surface area (TPSA) is 85.1 Å². The first-order chi connectivity index (χ1) is 13.3. The number of nitrogens with one attached hydrogen (secondary N) is 1. The Bertz CT molecular complexity index is 968. The van der Waals surface area contributed by atoms with Gasteiger partial charge in [0, 0.05) is 16.9 Å². The van der Waals surface area contributed by atoms with Crippen LogP contribution in [0.2, 0.25) is 0 Å². The molecule has 3 aromatic rings. The van der Waals surface area contributed by atoms with Crippen LogP contribution in [-0.4, -0.2) is 44.1 Å². The molecule has 0 saturated carbocycles. The standard InChI is InChI=1S/C18H16F3N5O2/c19-18(20,21)12-5-7-13(8-6-12)22-15-4-2-1-3-14(15)16-23-25-26(24-16)9-17(27)10-28-11-17/h1-8,22,27H,9-11H2. The quantitative estimate of drug-likeness (QED) is 0.696. The lowest BCUT2D eigenvalue weighted by Crippen LogP contribution is -2.52. The second kappa shape index (κ2) is 6.88. The summed E-state index contributed by atoms with van der Waals surface area (Å²) in [6.45, 7) is 0.598. The van der Waals surface area contributed by atoms with Crippen LogP contribution in [-0.2, 0) is 17.5 Å². The SMILES string of the molecule is OC1(Cn2nnc(-c3ccccc3Nc3ccc(C(F)(F)F)cc3)n2)COC1. The predicted octanol–water partition coefficient (Wildman–Crippen LogP) is 2.86. The molecule has 2 aromatic carbocycles. The molecule has 1 aliphatic rings. The van der Waals surface area contributed by atoms with Gasteiger partial charge in [0.2, 0.25) is 5.82 Å². The summed E-state index contributed by atoms with van der Waals surface area (Å²) in [6, 6.07) is 11.9. The molecule has 0 spiro atoms. The number of halogens is 3. The van der Waals surface area contributed by atoms with E-state index in [9.17, 15) is 18.3 Å². The first-order valence-electron chi connectivity index (χ1n) is 8.44. The van der Waals surface area contributed by atoms with Gasteiger partial charge in [-0.05, 0) is 41.6 Å². The predicted molar refractivity (Wildman–Crippen MR) is 93.7 cm³/mol. The number of anilines is 2. The normalized spacial score (nSPS) is 15.9. The van der Waals surface area contributed by atoms with Gasteiger partial charge >= 0.3 is 6.18 Å². The van der Waals surface area contributed by atoms with Gasteiger partial charge in [-0.15, -0.1) is 10.2 Å². The second-order valence-corrected chi connectivity index (χ2v) is 6.61. The number of benzene rings is 2. The van der Waals surface area contributed by atoms with Gasteiger partial charge in [0.05, 0.1) is 25.3 Å². The van der Waals surface area contributed by atoms with Gasteiger partial charge in [-0.2, -0.15) is 18.0 Å². The zero-order valence-corrected chi connectivity index (χ0v) is 14.5. The van der Waals surface area contributed by atoms with Crippen LogP contribution in [0.3, 0.4) is 0 Å². The molecule has 7 nitrogen and oxygen atoms in total. The average molecular weight is 391 g/mol. The molecule has 0 bridgehead atoms. The molecule has 1 fully saturated rings. The van der Waals surface area contributed by atoms with E-state index in [0.717, 1.165) is 12.1 Å². The first-order valence-corrected chi connectivity index (χ1v) is 8.44. The third-order valence-electron chi connectivity index (χ3n) is 4.29. The van der Waals surface area contributed by atoms with Gasteiger partial charge < -0.3 is 15.2 Å². The van der Waals surface area contributed by atoms with Crippen LogP contribution >= 0.6 is 0 Å². The van der Waals surface area contributed by atoms with Crippen LogP contribution in [0.1, 0.15) is 5.56 Å². The minimum Gasteiger partial charge on any atom is -0.383 e. The van der Waals surface area contributed by atoms with E-state index in [1.54, 1.807) is 24.3 Å². The third kappa shape index (κ3) is 3.82. The number of aliphatic hydroxyl groups is 1. The van der Waals surface area contributed by atoms with Crippen molar-refractivity contribution in [1.29, 1.82) is 0 Å². The summed E-state index contributed by atoms with van der Waals surface area (Å²) < 4.78 is 43.1. The molecule has 28 heavy (non-hydrogen) atoms. The number of para-hydroxylation sites is 1. The number of aromatic nitrogens is 4. The van der Waals surface area contributed by atoms with Crippen LogP contribution in [0, 0.1) is 0 Å². The second-order valence-electron chi connectivity index (χ2n) is 6.61. The molecule has 1 saturated heterocycles. The van der Waals surface area contributed by atoms with Crippen LogP contribution in [0.25, 0.3) is 11.4 Å². The molecule has 10 heteroatoms. The number of ether oxygens (including phenoxy) is 1. The number of hydrogen-bond acceptors (Lipinski definition) is 6. The largest absolute Gasteiger partial charge is 0.416 e. The Morgan fingerprint density at radius 3 is 2.46 bits per heavy atom. The summed E-state index contributed by atoms with van der Waals surface area (Å²) in [4.78, 5) is 1.30. The van der Waals surface area contributed by atoms with E-state index < -0.39 is 17.3 Å². The van der Waals surface area contributed by atoms with E-state index >= 15 is 0 Å². The monoisotopic (exact) mass is 391 g/mol. The maximum atomic E-state index is 12.7. The molecule has 1 aliphatic heterocycles. The zero-order valence-electron chi connectivity index (χ0n) is 14.5. The number of alkyl halides is 3. The summed E-state index contributed by atoms with van der Waals surface area (Å²) in [7, 11) is 0. The van der Waals surface area contributed by atoms with Crippen molar-refractivity contribution in [3.63, 3.8) is 0 Å². The Morgan fingerprint density at radius 1 is 1.11 bits per heavy atom. The molecule has 2 heterocycles. The van der Waals surface area contributed by atoms with E-state index in [1.165, 1.54) is 16.9 Å². The van der Waals surface area contributed by atoms with Crippen molar-refractivity contribution in [3.8, 4) is 11.4 Å². The summed E-state index contributed by atoms with van der Waals surface area (Å²) in [5, 5.41) is 25.5. The van der Waals surface area contributed by atoms with Gasteiger partial charge in [0.1, 0.15) is 5.60 Å². The lowest BCUT2D eigenvalue weighted by Gasteiger charge is -2.35. The molecular weight excluding hydrogens is 375 g/mol. The number of tetrazole rings is 1. The van der Waals surface area contributed by atoms with E-state index in [4.69, 9.17) is 4.74 Å². The summed E-state index contributed by atoms with van der Waals surface area (Å²) in [6.07, 6.45) is -4.38. The molecule has 1 aromatic heterocycles. The van der Waals surface area contributed by atoms with Crippen molar-refractivity contribution in [2.75, 3.05) is 18.5 Å². The number of rotatable bonds is 5. The Balaban J connectivity index is 1.55. The highest BCUT2D eigenvalue weighted by Crippen LogP contribution is 2.32. The van der Waals surface area contributed by atoms with Gasteiger partial charge in [-0.3, -0.25) is 0 Å². The Labute approximate surface area is 157 Å². The van der Waals surface area contributed by atoms with Crippen molar-refractivity contribution < 1.29 is 23.0 Å². The molecule has 0 radical (unpaired) electrons. The van der Waals surface area contributed by atoms with Crippen molar-refractivity contribution in [2.45, 2.75) is 18.3 Å². The molecular formula is C18H16F3N5O2. The molecule has 146 valence electrons. The number of hydrogen-bond donors (Lipinski definition) is 2. The molecule has 0 atom stereocenters. The highest BCUT2D eigenvalue weighted by molar-refractivity contribution is 5.77. The van der Waals surface area contributed by atoms with E-state index in [-0.39, 0.29) is 19.8 Å². The minimum absolute atomic E-state index is 0.161. The fourth-order valence-electron chi connectivity index (χ4n) is 2.80. The maximum absolute atomic E-state index is 12.7. The molecule has 0 aliphatic carbocycles. The Hall–Kier alpha value is -2.98. The fraction of sp³-hybridized carbons (Fsp3) is 0.278. The van der Waals surface area contributed by atoms with Gasteiger partial charge in [0.25, 0.3) is 0 Å². The first kappa shape index (κ1) is 18.4. The molecule has 0 amide bonds. The smallest absolute Gasteiger partial charge is 0.383 e. The zero-order chi connectivity index (χ0) is 19.8. The van der Waals surface area contributed by atoms with Crippen LogP contribution < -0.4 is 5.32 Å². The van der Waals surface area contributed by atoms with E-state index in [2.05, 4.69) is 20.7 Å². The molecule has 2 N–H and O–H groups in total.